The van der Waals surface area contributed by atoms with Crippen LogP contribution in [0.25, 0.3) is 0 Å². The van der Waals surface area contributed by atoms with E-state index >= 15 is 0 Å². The van der Waals surface area contributed by atoms with Gasteiger partial charge in [0.1, 0.15) is 6.04 Å². The van der Waals surface area contributed by atoms with Crippen LogP contribution in [0.1, 0.15) is 54.9 Å². The molecule has 0 bridgehead atoms. The van der Waals surface area contributed by atoms with E-state index in [1.54, 1.807) is 17.0 Å². The second kappa shape index (κ2) is 8.73. The summed E-state index contributed by atoms with van der Waals surface area (Å²) in [5.74, 6) is -0.336. The molecule has 3 rings (SSSR count). The van der Waals surface area contributed by atoms with E-state index in [0.29, 0.717) is 30.8 Å². The van der Waals surface area contributed by atoms with Gasteiger partial charge in [-0.15, -0.1) is 0 Å². The normalized spacial score (nSPS) is 22.3. The first-order valence-electron chi connectivity index (χ1n) is 10.2. The molecule has 2 fully saturated rings. The van der Waals surface area contributed by atoms with Gasteiger partial charge in [-0.2, -0.15) is 0 Å². The van der Waals surface area contributed by atoms with E-state index in [1.165, 1.54) is 0 Å². The topological polar surface area (TPSA) is 105 Å². The van der Waals surface area contributed by atoms with Crippen LogP contribution < -0.4 is 16.4 Å². The lowest BCUT2D eigenvalue weighted by Gasteiger charge is -2.24. The van der Waals surface area contributed by atoms with Gasteiger partial charge in [0.25, 0.3) is 5.91 Å². The van der Waals surface area contributed by atoms with Crippen molar-refractivity contribution in [3.8, 4) is 0 Å². The minimum absolute atomic E-state index is 0.0218. The number of benzene rings is 1. The SMILES string of the molecule is CCNC(=O)[C@@H]1C[C@@H](N)CN1C(=O)c1ccc(C)c(NC(=O)C2CCCC2)c1. The highest BCUT2D eigenvalue weighted by Crippen LogP contribution is 2.28. The van der Waals surface area contributed by atoms with Gasteiger partial charge in [-0.1, -0.05) is 18.9 Å². The number of carbonyl (C=O) groups is 3. The Morgan fingerprint density at radius 3 is 2.57 bits per heavy atom. The Balaban J connectivity index is 1.77. The third kappa shape index (κ3) is 4.35. The third-order valence-corrected chi connectivity index (χ3v) is 5.72. The molecule has 7 nitrogen and oxygen atoms in total. The highest BCUT2D eigenvalue weighted by molar-refractivity contribution is 6.00. The number of nitrogens with two attached hydrogens (primary N) is 1. The number of rotatable bonds is 5. The van der Waals surface area contributed by atoms with Gasteiger partial charge < -0.3 is 21.3 Å². The number of hydrogen-bond acceptors (Lipinski definition) is 4. The highest BCUT2D eigenvalue weighted by Gasteiger charge is 2.38. The molecule has 1 aliphatic heterocycles. The van der Waals surface area contributed by atoms with Gasteiger partial charge in [0, 0.05) is 36.3 Å². The Kier molecular flexibility index (Phi) is 6.34. The molecule has 7 heteroatoms. The van der Waals surface area contributed by atoms with Crippen LogP contribution in [0.4, 0.5) is 5.69 Å². The number of anilines is 1. The van der Waals surface area contributed by atoms with Gasteiger partial charge in [-0.05, 0) is 50.8 Å². The van der Waals surface area contributed by atoms with Crippen molar-refractivity contribution in [1.29, 1.82) is 0 Å². The van der Waals surface area contributed by atoms with Crippen LogP contribution in [0, 0.1) is 12.8 Å². The molecule has 152 valence electrons. The smallest absolute Gasteiger partial charge is 0.254 e. The lowest BCUT2D eigenvalue weighted by Crippen LogP contribution is -2.46. The summed E-state index contributed by atoms with van der Waals surface area (Å²) in [6.07, 6.45) is 4.47. The fourth-order valence-corrected chi connectivity index (χ4v) is 4.11. The molecule has 1 heterocycles. The quantitative estimate of drug-likeness (QED) is 0.718. The Bertz CT molecular complexity index is 758. The number of nitrogens with one attached hydrogen (secondary N) is 2. The number of likely N-dealkylation sites (N-methyl/N-ethyl adjacent to an activating group) is 1. The summed E-state index contributed by atoms with van der Waals surface area (Å²) >= 11 is 0. The largest absolute Gasteiger partial charge is 0.355 e. The van der Waals surface area contributed by atoms with E-state index in [-0.39, 0.29) is 29.7 Å². The van der Waals surface area contributed by atoms with E-state index in [2.05, 4.69) is 10.6 Å². The number of aryl methyl sites for hydroxylation is 1. The maximum absolute atomic E-state index is 13.1. The predicted octanol–water partition coefficient (Wildman–Crippen LogP) is 1.80. The monoisotopic (exact) mass is 386 g/mol. The molecule has 4 N–H and O–H groups in total. The highest BCUT2D eigenvalue weighted by atomic mass is 16.2. The fourth-order valence-electron chi connectivity index (χ4n) is 4.11. The summed E-state index contributed by atoms with van der Waals surface area (Å²) in [6, 6.07) is 4.50. The first-order chi connectivity index (χ1) is 13.4. The molecule has 28 heavy (non-hydrogen) atoms. The summed E-state index contributed by atoms with van der Waals surface area (Å²) in [7, 11) is 0. The minimum atomic E-state index is -0.555. The second-order valence-corrected chi connectivity index (χ2v) is 7.86. The zero-order valence-electron chi connectivity index (χ0n) is 16.7. The Labute approximate surface area is 166 Å². The molecule has 3 amide bonds. The van der Waals surface area contributed by atoms with E-state index in [4.69, 9.17) is 5.73 Å². The zero-order valence-corrected chi connectivity index (χ0v) is 16.7. The molecule has 2 aliphatic rings. The molecule has 1 aliphatic carbocycles. The van der Waals surface area contributed by atoms with Crippen molar-refractivity contribution in [3.05, 3.63) is 29.3 Å². The van der Waals surface area contributed by atoms with Crippen molar-refractivity contribution in [1.82, 2.24) is 10.2 Å². The molecule has 0 spiro atoms. The van der Waals surface area contributed by atoms with Gasteiger partial charge in [0.15, 0.2) is 0 Å². The van der Waals surface area contributed by atoms with Crippen molar-refractivity contribution in [2.75, 3.05) is 18.4 Å². The molecular formula is C21H30N4O3. The van der Waals surface area contributed by atoms with Crippen LogP contribution >= 0.6 is 0 Å². The molecule has 0 radical (unpaired) electrons. The number of carbonyl (C=O) groups excluding carboxylic acids is 3. The first kappa shape index (κ1) is 20.3. The van der Waals surface area contributed by atoms with Gasteiger partial charge in [-0.25, -0.2) is 0 Å². The van der Waals surface area contributed by atoms with Crippen LogP contribution in [0.2, 0.25) is 0 Å². The summed E-state index contributed by atoms with van der Waals surface area (Å²) < 4.78 is 0. The minimum Gasteiger partial charge on any atom is -0.355 e. The van der Waals surface area contributed by atoms with Crippen LogP contribution in [-0.2, 0) is 9.59 Å². The van der Waals surface area contributed by atoms with Crippen LogP contribution in [0.3, 0.4) is 0 Å². The average molecular weight is 386 g/mol. The lowest BCUT2D eigenvalue weighted by molar-refractivity contribution is -0.124. The van der Waals surface area contributed by atoms with Gasteiger partial charge in [-0.3, -0.25) is 14.4 Å². The summed E-state index contributed by atoms with van der Waals surface area (Å²) in [5.41, 5.74) is 8.04. The summed E-state index contributed by atoms with van der Waals surface area (Å²) in [6.45, 7) is 4.60. The number of amides is 3. The number of likely N-dealkylation sites (tertiary alicyclic amines) is 1. The third-order valence-electron chi connectivity index (χ3n) is 5.72. The van der Waals surface area contributed by atoms with E-state index in [9.17, 15) is 14.4 Å². The molecule has 2 atom stereocenters. The predicted molar refractivity (Wildman–Crippen MR) is 108 cm³/mol. The van der Waals surface area contributed by atoms with Crippen molar-refractivity contribution >= 4 is 23.4 Å². The lowest BCUT2D eigenvalue weighted by atomic mass is 10.1. The molecule has 1 saturated carbocycles. The summed E-state index contributed by atoms with van der Waals surface area (Å²) in [5, 5.41) is 5.76. The number of nitrogens with zero attached hydrogens (tertiary/aromatic N) is 1. The van der Waals surface area contributed by atoms with Gasteiger partial charge in [0.2, 0.25) is 11.8 Å². The zero-order chi connectivity index (χ0) is 20.3. The Morgan fingerprint density at radius 2 is 1.89 bits per heavy atom. The second-order valence-electron chi connectivity index (χ2n) is 7.86. The maximum Gasteiger partial charge on any atom is 0.254 e. The molecule has 0 unspecified atom stereocenters. The number of hydrogen-bond donors (Lipinski definition) is 3. The van der Waals surface area contributed by atoms with Gasteiger partial charge in [0.05, 0.1) is 0 Å². The molecule has 1 aromatic carbocycles. The Hall–Kier alpha value is -2.41. The van der Waals surface area contributed by atoms with Crippen molar-refractivity contribution in [2.45, 2.75) is 58.0 Å². The van der Waals surface area contributed by atoms with Crippen LogP contribution in [0.15, 0.2) is 18.2 Å². The fraction of sp³-hybridized carbons (Fsp3) is 0.571. The van der Waals surface area contributed by atoms with E-state index < -0.39 is 6.04 Å². The first-order valence-corrected chi connectivity index (χ1v) is 10.2. The van der Waals surface area contributed by atoms with Gasteiger partial charge >= 0.3 is 0 Å². The standard InChI is InChI=1S/C21H30N4O3/c1-3-23-20(27)18-11-16(22)12-25(18)21(28)15-9-8-13(2)17(10-15)24-19(26)14-6-4-5-7-14/h8-10,14,16,18H,3-7,11-12,22H2,1-2H3,(H,23,27)(H,24,26)/t16-,18+/m1/s1. The van der Waals surface area contributed by atoms with E-state index in [0.717, 1.165) is 31.2 Å². The van der Waals surface area contributed by atoms with Crippen molar-refractivity contribution in [3.63, 3.8) is 0 Å². The molecule has 0 aromatic heterocycles. The average Bonchev–Trinajstić information content (AvgIpc) is 3.33. The molecule has 1 aromatic rings. The maximum atomic E-state index is 13.1. The molecule has 1 saturated heterocycles. The Morgan fingerprint density at radius 1 is 1.18 bits per heavy atom. The summed E-state index contributed by atoms with van der Waals surface area (Å²) in [4.78, 5) is 39.5. The van der Waals surface area contributed by atoms with Crippen molar-refractivity contribution < 1.29 is 14.4 Å². The molecular weight excluding hydrogens is 356 g/mol. The van der Waals surface area contributed by atoms with E-state index in [1.807, 2.05) is 19.9 Å². The van der Waals surface area contributed by atoms with Crippen LogP contribution in [0.5, 0.6) is 0 Å². The van der Waals surface area contributed by atoms with Crippen molar-refractivity contribution in [2.24, 2.45) is 11.7 Å². The van der Waals surface area contributed by atoms with Crippen LogP contribution in [-0.4, -0.2) is 47.8 Å².